The summed E-state index contributed by atoms with van der Waals surface area (Å²) >= 11 is 1.68. The maximum atomic E-state index is 13.0. The van der Waals surface area contributed by atoms with Gasteiger partial charge in [0, 0.05) is 41.1 Å². The lowest BCUT2D eigenvalue weighted by molar-refractivity contribution is -0.119. The highest BCUT2D eigenvalue weighted by Crippen LogP contribution is 2.43. The van der Waals surface area contributed by atoms with Crippen LogP contribution in [0.2, 0.25) is 0 Å². The van der Waals surface area contributed by atoms with Crippen LogP contribution in [-0.4, -0.2) is 22.9 Å². The summed E-state index contributed by atoms with van der Waals surface area (Å²) in [5.74, 6) is 0.0612. The van der Waals surface area contributed by atoms with E-state index in [0.29, 0.717) is 12.8 Å². The number of thioether (sulfide) groups is 1. The van der Waals surface area contributed by atoms with Gasteiger partial charge in [-0.1, -0.05) is 12.1 Å². The fraction of sp³-hybridized carbons (Fsp3) is 0.286. The minimum atomic E-state index is -0.144. The molecule has 0 saturated heterocycles. The third-order valence-corrected chi connectivity index (χ3v) is 5.84. The van der Waals surface area contributed by atoms with E-state index in [1.54, 1.807) is 29.1 Å². The van der Waals surface area contributed by atoms with Crippen molar-refractivity contribution in [3.63, 3.8) is 0 Å². The molecule has 1 aromatic heterocycles. The molecule has 5 heteroatoms. The summed E-state index contributed by atoms with van der Waals surface area (Å²) in [6, 6.07) is 11.9. The number of benzene rings is 1. The zero-order chi connectivity index (χ0) is 18.1. The summed E-state index contributed by atoms with van der Waals surface area (Å²) in [5, 5.41) is 0. The fourth-order valence-electron chi connectivity index (χ4n) is 3.90. The number of carbonyl (C=O) groups excluding carboxylic acids is 2. The summed E-state index contributed by atoms with van der Waals surface area (Å²) in [6.45, 7) is 0. The lowest BCUT2D eigenvalue weighted by atomic mass is 9.77. The van der Waals surface area contributed by atoms with E-state index in [4.69, 9.17) is 0 Å². The van der Waals surface area contributed by atoms with Crippen molar-refractivity contribution in [2.75, 3.05) is 11.2 Å². The van der Waals surface area contributed by atoms with Crippen LogP contribution in [0, 0.1) is 0 Å². The van der Waals surface area contributed by atoms with Crippen molar-refractivity contribution in [3.05, 3.63) is 65.6 Å². The van der Waals surface area contributed by atoms with Crippen molar-refractivity contribution < 1.29 is 9.59 Å². The molecule has 1 atom stereocenters. The van der Waals surface area contributed by atoms with Gasteiger partial charge in [-0.2, -0.15) is 0 Å². The monoisotopic (exact) mass is 364 g/mol. The first kappa shape index (κ1) is 17.0. The lowest BCUT2D eigenvalue weighted by Crippen LogP contribution is -2.40. The molecular weight excluding hydrogens is 344 g/mol. The zero-order valence-electron chi connectivity index (χ0n) is 14.6. The maximum absolute atomic E-state index is 13.0. The second-order valence-corrected chi connectivity index (χ2v) is 7.49. The number of aromatic nitrogens is 1. The van der Waals surface area contributed by atoms with Gasteiger partial charge in [-0.25, -0.2) is 0 Å². The van der Waals surface area contributed by atoms with E-state index in [-0.39, 0.29) is 17.6 Å². The van der Waals surface area contributed by atoms with Gasteiger partial charge in [0.2, 0.25) is 5.91 Å². The Morgan fingerprint density at radius 2 is 1.92 bits per heavy atom. The van der Waals surface area contributed by atoms with E-state index in [2.05, 4.69) is 29.2 Å². The Morgan fingerprint density at radius 3 is 2.62 bits per heavy atom. The predicted molar refractivity (Wildman–Crippen MR) is 103 cm³/mol. The molecule has 1 aliphatic heterocycles. The lowest BCUT2D eigenvalue weighted by Gasteiger charge is -2.38. The number of amides is 1. The van der Waals surface area contributed by atoms with Gasteiger partial charge in [0.05, 0.1) is 11.9 Å². The van der Waals surface area contributed by atoms with Crippen LogP contribution >= 0.6 is 11.8 Å². The summed E-state index contributed by atoms with van der Waals surface area (Å²) in [4.78, 5) is 32.9. The first-order chi connectivity index (χ1) is 12.7. The van der Waals surface area contributed by atoms with Crippen LogP contribution in [0.3, 0.4) is 0 Å². The number of allylic oxidation sites excluding steroid dienone is 2. The van der Waals surface area contributed by atoms with Crippen molar-refractivity contribution in [2.24, 2.45) is 0 Å². The number of hydrogen-bond acceptors (Lipinski definition) is 4. The van der Waals surface area contributed by atoms with Gasteiger partial charge >= 0.3 is 0 Å². The minimum Gasteiger partial charge on any atom is -0.294 e. The average molecular weight is 364 g/mol. The highest BCUT2D eigenvalue weighted by Gasteiger charge is 2.39. The van der Waals surface area contributed by atoms with Gasteiger partial charge in [-0.05, 0) is 48.9 Å². The molecule has 4 nitrogen and oxygen atoms in total. The number of rotatable bonds is 3. The van der Waals surface area contributed by atoms with Crippen molar-refractivity contribution >= 4 is 29.1 Å². The zero-order valence-corrected chi connectivity index (χ0v) is 15.5. The molecule has 4 rings (SSSR count). The maximum Gasteiger partial charge on any atom is 0.232 e. The number of pyridine rings is 1. The molecule has 26 heavy (non-hydrogen) atoms. The van der Waals surface area contributed by atoms with E-state index in [0.717, 1.165) is 35.4 Å². The van der Waals surface area contributed by atoms with Gasteiger partial charge in [-0.15, -0.1) is 11.8 Å². The molecular formula is C21H20N2O2S. The first-order valence-corrected chi connectivity index (χ1v) is 10.0. The van der Waals surface area contributed by atoms with Crippen molar-refractivity contribution in [1.82, 2.24) is 4.98 Å². The molecule has 0 radical (unpaired) electrons. The summed E-state index contributed by atoms with van der Waals surface area (Å²) in [7, 11) is 0. The van der Waals surface area contributed by atoms with E-state index in [1.165, 1.54) is 4.90 Å². The molecule has 2 aliphatic rings. The third-order valence-electron chi connectivity index (χ3n) is 5.10. The van der Waals surface area contributed by atoms with Crippen LogP contribution in [0.15, 0.2) is 65.0 Å². The molecule has 1 unspecified atom stereocenters. The molecule has 132 valence electrons. The number of carbonyl (C=O) groups is 2. The van der Waals surface area contributed by atoms with Crippen LogP contribution < -0.4 is 4.90 Å². The second-order valence-electron chi connectivity index (χ2n) is 6.61. The predicted octanol–water partition coefficient (Wildman–Crippen LogP) is 4.33. The Balaban J connectivity index is 1.82. The molecule has 0 saturated carbocycles. The largest absolute Gasteiger partial charge is 0.294 e. The van der Waals surface area contributed by atoms with Crippen molar-refractivity contribution in [2.45, 2.75) is 36.5 Å². The number of nitrogens with zero attached hydrogens (tertiary/aromatic N) is 2. The summed E-state index contributed by atoms with van der Waals surface area (Å²) in [5.41, 5.74) is 3.47. The molecule has 0 N–H and O–H groups in total. The first-order valence-electron chi connectivity index (χ1n) is 8.82. The Bertz CT molecular complexity index is 875. The van der Waals surface area contributed by atoms with E-state index < -0.39 is 0 Å². The summed E-state index contributed by atoms with van der Waals surface area (Å²) in [6.07, 6.45) is 7.84. The topological polar surface area (TPSA) is 50.3 Å². The Labute approximate surface area is 157 Å². The van der Waals surface area contributed by atoms with Crippen LogP contribution in [0.25, 0.3) is 0 Å². The van der Waals surface area contributed by atoms with Crippen LogP contribution in [0.1, 0.15) is 37.2 Å². The normalized spacial score (nSPS) is 20.3. The van der Waals surface area contributed by atoms with E-state index >= 15 is 0 Å². The van der Waals surface area contributed by atoms with E-state index in [1.807, 2.05) is 18.4 Å². The number of hydrogen-bond donors (Lipinski definition) is 0. The van der Waals surface area contributed by atoms with Gasteiger partial charge in [0.15, 0.2) is 5.78 Å². The van der Waals surface area contributed by atoms with Crippen molar-refractivity contribution in [1.29, 1.82) is 0 Å². The molecule has 0 spiro atoms. The van der Waals surface area contributed by atoms with Gasteiger partial charge in [0.1, 0.15) is 0 Å². The van der Waals surface area contributed by atoms with Crippen LogP contribution in [-0.2, 0) is 9.59 Å². The van der Waals surface area contributed by atoms with Gasteiger partial charge in [-0.3, -0.25) is 19.5 Å². The Morgan fingerprint density at radius 1 is 1.12 bits per heavy atom. The fourth-order valence-corrected chi connectivity index (χ4v) is 4.31. The number of ketones is 1. The van der Waals surface area contributed by atoms with Gasteiger partial charge in [0.25, 0.3) is 0 Å². The third kappa shape index (κ3) is 2.97. The summed E-state index contributed by atoms with van der Waals surface area (Å²) < 4.78 is 0. The molecule has 2 heterocycles. The molecule has 1 amide bonds. The smallest absolute Gasteiger partial charge is 0.232 e. The molecule has 2 aromatic rings. The van der Waals surface area contributed by atoms with Crippen LogP contribution in [0.4, 0.5) is 5.69 Å². The molecule has 0 fully saturated rings. The minimum absolute atomic E-state index is 0.0328. The number of anilines is 1. The van der Waals surface area contributed by atoms with E-state index in [9.17, 15) is 9.59 Å². The standard InChI is InChI=1S/C21H20N2O2S/c1-26-16-9-7-14(8-10-16)17-12-20(25)23(15-4-3-11-22-13-15)18-5-2-6-19(24)21(17)18/h3-4,7-11,13,17H,2,5-6,12H2,1H3. The highest BCUT2D eigenvalue weighted by molar-refractivity contribution is 7.98. The highest BCUT2D eigenvalue weighted by atomic mass is 32.2. The Kier molecular flexibility index (Phi) is 4.64. The van der Waals surface area contributed by atoms with Crippen molar-refractivity contribution in [3.8, 4) is 0 Å². The van der Waals surface area contributed by atoms with Gasteiger partial charge < -0.3 is 0 Å². The number of Topliss-reactive ketones (excluding diaryl/α,β-unsaturated/α-hetero) is 1. The quantitative estimate of drug-likeness (QED) is 0.761. The molecule has 1 aromatic carbocycles. The Hall–Kier alpha value is -2.40. The second kappa shape index (κ2) is 7.08. The molecule has 1 aliphatic carbocycles. The SMILES string of the molecule is CSc1ccc(C2CC(=O)N(c3cccnc3)C3=C2C(=O)CCC3)cc1. The van der Waals surface area contributed by atoms with Crippen LogP contribution in [0.5, 0.6) is 0 Å². The molecule has 0 bridgehead atoms. The average Bonchev–Trinajstić information content (AvgIpc) is 2.68.